The third-order valence-electron chi connectivity index (χ3n) is 3.87. The molecule has 0 radical (unpaired) electrons. The first-order chi connectivity index (χ1) is 13.2. The number of aryl methyl sites for hydroxylation is 1. The highest BCUT2D eigenvalue weighted by Gasteiger charge is 2.20. The lowest BCUT2D eigenvalue weighted by Gasteiger charge is -2.07. The molecular weight excluding hydrogens is 402 g/mol. The molecule has 0 aromatic heterocycles. The first kappa shape index (κ1) is 21.9. The van der Waals surface area contributed by atoms with Crippen molar-refractivity contribution in [1.29, 1.82) is 0 Å². The molecule has 2 rings (SSSR count). The van der Waals surface area contributed by atoms with Gasteiger partial charge in [0.05, 0.1) is 20.5 Å². The van der Waals surface area contributed by atoms with E-state index in [2.05, 4.69) is 6.92 Å². The number of benzene rings is 2. The second kappa shape index (κ2) is 9.70. The molecular formula is C19H21NO6S2. The van der Waals surface area contributed by atoms with Crippen LogP contribution in [-0.2, 0) is 21.1 Å². The number of carbonyl (C=O) groups excluding carboxylic acids is 1. The van der Waals surface area contributed by atoms with Crippen LogP contribution in [0.4, 0.5) is 5.69 Å². The molecule has 0 atom stereocenters. The van der Waals surface area contributed by atoms with Crippen LogP contribution in [0.5, 0.6) is 5.75 Å². The average Bonchev–Trinajstić information content (AvgIpc) is 2.65. The lowest BCUT2D eigenvalue weighted by atomic mass is 10.1. The predicted octanol–water partition coefficient (Wildman–Crippen LogP) is 4.04. The summed E-state index contributed by atoms with van der Waals surface area (Å²) in [5.41, 5.74) is 0.804. The molecule has 0 aliphatic heterocycles. The zero-order valence-electron chi connectivity index (χ0n) is 15.6. The maximum absolute atomic E-state index is 12.0. The fraction of sp³-hybridized carbons (Fsp3) is 0.316. The van der Waals surface area contributed by atoms with E-state index in [-0.39, 0.29) is 21.2 Å². The summed E-state index contributed by atoms with van der Waals surface area (Å²) in [6.07, 6.45) is 4.13. The van der Waals surface area contributed by atoms with Crippen molar-refractivity contribution in [3.05, 3.63) is 58.1 Å². The molecule has 2 aromatic carbocycles. The lowest BCUT2D eigenvalue weighted by Crippen LogP contribution is -2.11. The van der Waals surface area contributed by atoms with E-state index in [1.807, 2.05) is 12.1 Å². The summed E-state index contributed by atoms with van der Waals surface area (Å²) < 4.78 is 28.4. The van der Waals surface area contributed by atoms with Crippen molar-refractivity contribution in [3.8, 4) is 5.75 Å². The highest BCUT2D eigenvalue weighted by atomic mass is 32.2. The monoisotopic (exact) mass is 423 g/mol. The van der Waals surface area contributed by atoms with Gasteiger partial charge in [-0.1, -0.05) is 25.5 Å². The molecule has 0 aliphatic rings. The van der Waals surface area contributed by atoms with Crippen LogP contribution in [0.3, 0.4) is 0 Å². The van der Waals surface area contributed by atoms with Crippen molar-refractivity contribution in [1.82, 2.24) is 0 Å². The second-order valence-electron chi connectivity index (χ2n) is 6.17. The first-order valence-electron chi connectivity index (χ1n) is 8.61. The molecule has 0 N–H and O–H groups in total. The van der Waals surface area contributed by atoms with Gasteiger partial charge in [-0.05, 0) is 42.7 Å². The maximum Gasteiger partial charge on any atom is 0.321 e. The number of unbranched alkanes of at least 4 members (excludes halogenated alkanes) is 1. The molecule has 0 unspecified atom stereocenters. The van der Waals surface area contributed by atoms with E-state index in [9.17, 15) is 23.3 Å². The van der Waals surface area contributed by atoms with Gasteiger partial charge in [-0.15, -0.1) is 11.8 Å². The summed E-state index contributed by atoms with van der Waals surface area (Å²) in [4.78, 5) is 22.7. The van der Waals surface area contributed by atoms with Crippen molar-refractivity contribution in [3.63, 3.8) is 0 Å². The molecule has 0 amide bonds. The summed E-state index contributed by atoms with van der Waals surface area (Å²) in [6.45, 7) is 2.12. The van der Waals surface area contributed by atoms with Crippen LogP contribution in [0.25, 0.3) is 0 Å². The fourth-order valence-electron chi connectivity index (χ4n) is 2.40. The van der Waals surface area contributed by atoms with E-state index in [0.29, 0.717) is 5.75 Å². The van der Waals surface area contributed by atoms with Crippen LogP contribution < -0.4 is 4.74 Å². The second-order valence-corrected chi connectivity index (χ2v) is 9.20. The number of nitrogens with zero attached hydrogens (tertiary/aromatic N) is 1. The topological polar surface area (TPSA) is 104 Å². The number of hydrogen-bond donors (Lipinski definition) is 0. The Kier molecular flexibility index (Phi) is 7.59. The van der Waals surface area contributed by atoms with E-state index >= 15 is 0 Å². The Hall–Kier alpha value is -2.39. The molecule has 0 fully saturated rings. The Morgan fingerprint density at radius 1 is 1.18 bits per heavy atom. The summed E-state index contributed by atoms with van der Waals surface area (Å²) in [5, 5.41) is 11.2. The number of carbonyl (C=O) groups is 1. The van der Waals surface area contributed by atoms with Gasteiger partial charge in [0, 0.05) is 12.3 Å². The molecule has 9 heteroatoms. The van der Waals surface area contributed by atoms with E-state index in [1.165, 1.54) is 12.1 Å². The van der Waals surface area contributed by atoms with Crippen LogP contribution in [0.1, 0.15) is 25.3 Å². The van der Waals surface area contributed by atoms with Crippen molar-refractivity contribution in [2.75, 3.05) is 12.0 Å². The zero-order chi connectivity index (χ0) is 20.7. The highest BCUT2D eigenvalue weighted by Crippen LogP contribution is 2.31. The third kappa shape index (κ3) is 6.35. The van der Waals surface area contributed by atoms with Crippen LogP contribution in [-0.4, -0.2) is 31.3 Å². The minimum atomic E-state index is -3.56. The maximum atomic E-state index is 12.0. The first-order valence-corrected chi connectivity index (χ1v) is 11.5. The Morgan fingerprint density at radius 2 is 1.86 bits per heavy atom. The quantitative estimate of drug-likeness (QED) is 0.197. The number of nitro benzene ring substituents is 1. The van der Waals surface area contributed by atoms with Crippen molar-refractivity contribution in [2.24, 2.45) is 0 Å². The number of esters is 1. The standard InChI is InChI=1S/C19H21NO6S2/c1-3-4-5-14-6-8-15(9-7-14)26-19(21)13-27-18-11-10-16(28(2,24)25)12-17(18)20(22)23/h6-12H,3-5,13H2,1-2H3. The molecule has 0 aliphatic carbocycles. The number of hydrogen-bond acceptors (Lipinski definition) is 7. The van der Waals surface area contributed by atoms with E-state index < -0.39 is 20.7 Å². The summed E-state index contributed by atoms with van der Waals surface area (Å²) in [6, 6.07) is 10.9. The largest absolute Gasteiger partial charge is 0.426 e. The van der Waals surface area contributed by atoms with E-state index in [4.69, 9.17) is 4.74 Å². The molecule has 150 valence electrons. The van der Waals surface area contributed by atoms with Gasteiger partial charge in [0.25, 0.3) is 5.69 Å². The van der Waals surface area contributed by atoms with Gasteiger partial charge in [0.1, 0.15) is 5.75 Å². The highest BCUT2D eigenvalue weighted by molar-refractivity contribution is 8.00. The zero-order valence-corrected chi connectivity index (χ0v) is 17.2. The molecule has 28 heavy (non-hydrogen) atoms. The lowest BCUT2D eigenvalue weighted by molar-refractivity contribution is -0.388. The van der Waals surface area contributed by atoms with Crippen molar-refractivity contribution < 1.29 is 22.9 Å². The Morgan fingerprint density at radius 3 is 2.43 bits per heavy atom. The molecule has 0 heterocycles. The van der Waals surface area contributed by atoms with Crippen LogP contribution >= 0.6 is 11.8 Å². The third-order valence-corrected chi connectivity index (χ3v) is 6.02. The fourth-order valence-corrected chi connectivity index (χ4v) is 3.81. The summed E-state index contributed by atoms with van der Waals surface area (Å²) >= 11 is 0.925. The van der Waals surface area contributed by atoms with Gasteiger partial charge in [-0.2, -0.15) is 0 Å². The van der Waals surface area contributed by atoms with E-state index in [1.54, 1.807) is 12.1 Å². The smallest absolute Gasteiger partial charge is 0.321 e. The SMILES string of the molecule is CCCCc1ccc(OC(=O)CSc2ccc(S(C)(=O)=O)cc2[N+](=O)[O-])cc1. The number of thioether (sulfide) groups is 1. The van der Waals surface area contributed by atoms with Crippen molar-refractivity contribution in [2.45, 2.75) is 36.0 Å². The minimum Gasteiger partial charge on any atom is -0.426 e. The van der Waals surface area contributed by atoms with Crippen LogP contribution in [0.15, 0.2) is 52.3 Å². The Bertz CT molecular complexity index is 955. The molecule has 0 saturated carbocycles. The van der Waals surface area contributed by atoms with Crippen LogP contribution in [0, 0.1) is 10.1 Å². The molecule has 2 aromatic rings. The Balaban J connectivity index is 2.01. The van der Waals surface area contributed by atoms with Crippen molar-refractivity contribution >= 4 is 33.3 Å². The molecule has 0 spiro atoms. The van der Waals surface area contributed by atoms with Gasteiger partial charge in [0.2, 0.25) is 0 Å². The predicted molar refractivity (Wildman–Crippen MR) is 108 cm³/mol. The van der Waals surface area contributed by atoms with Gasteiger partial charge in [-0.3, -0.25) is 14.9 Å². The van der Waals surface area contributed by atoms with Crippen LogP contribution in [0.2, 0.25) is 0 Å². The number of sulfone groups is 1. The van der Waals surface area contributed by atoms with Gasteiger partial charge < -0.3 is 4.74 Å². The number of nitro groups is 1. The van der Waals surface area contributed by atoms with E-state index in [0.717, 1.165) is 48.9 Å². The molecule has 7 nitrogen and oxygen atoms in total. The summed E-state index contributed by atoms with van der Waals surface area (Å²) in [7, 11) is -3.56. The van der Waals surface area contributed by atoms with Gasteiger partial charge in [-0.25, -0.2) is 8.42 Å². The minimum absolute atomic E-state index is 0.142. The number of rotatable bonds is 9. The van der Waals surface area contributed by atoms with Gasteiger partial charge >= 0.3 is 5.97 Å². The summed E-state index contributed by atoms with van der Waals surface area (Å²) in [5.74, 6) is -0.281. The average molecular weight is 424 g/mol. The Labute approximate surface area is 168 Å². The normalized spacial score (nSPS) is 11.2. The van der Waals surface area contributed by atoms with Gasteiger partial charge in [0.15, 0.2) is 9.84 Å². The molecule has 0 saturated heterocycles. The number of ether oxygens (including phenoxy) is 1. The molecule has 0 bridgehead atoms.